The van der Waals surface area contributed by atoms with Gasteiger partial charge in [0.2, 0.25) is 0 Å². The minimum atomic E-state index is -0.412. The first-order chi connectivity index (χ1) is 10.5. The SMILES string of the molecule is COc1cc(CCl)ccc1F.COc1cc(CO)ccc1F. The summed E-state index contributed by atoms with van der Waals surface area (Å²) in [7, 11) is 2.82. The number of aliphatic hydroxyl groups excluding tert-OH is 1. The van der Waals surface area contributed by atoms with Crippen LogP contribution < -0.4 is 9.47 Å². The Kier molecular flexibility index (Phi) is 7.63. The minimum absolute atomic E-state index is 0.101. The molecule has 0 aromatic heterocycles. The Morgan fingerprint density at radius 3 is 1.77 bits per heavy atom. The molecule has 0 heterocycles. The Labute approximate surface area is 133 Å². The van der Waals surface area contributed by atoms with Crippen molar-refractivity contribution in [2.24, 2.45) is 0 Å². The van der Waals surface area contributed by atoms with Crippen LogP contribution in [-0.4, -0.2) is 19.3 Å². The molecule has 0 fully saturated rings. The molecule has 3 nitrogen and oxygen atoms in total. The summed E-state index contributed by atoms with van der Waals surface area (Å²) in [6, 6.07) is 8.81. The molecule has 0 aliphatic carbocycles. The van der Waals surface area contributed by atoms with Crippen LogP contribution in [0.5, 0.6) is 11.5 Å². The van der Waals surface area contributed by atoms with Crippen molar-refractivity contribution in [2.75, 3.05) is 14.2 Å². The largest absolute Gasteiger partial charge is 0.494 e. The van der Waals surface area contributed by atoms with E-state index in [4.69, 9.17) is 26.2 Å². The van der Waals surface area contributed by atoms with Crippen LogP contribution in [0.4, 0.5) is 8.78 Å². The molecule has 22 heavy (non-hydrogen) atoms. The van der Waals surface area contributed by atoms with Crippen molar-refractivity contribution < 1.29 is 23.4 Å². The average molecular weight is 331 g/mol. The average Bonchev–Trinajstić information content (AvgIpc) is 2.56. The molecule has 1 N–H and O–H groups in total. The van der Waals surface area contributed by atoms with Crippen LogP contribution in [-0.2, 0) is 12.5 Å². The summed E-state index contributed by atoms with van der Waals surface area (Å²) in [5.41, 5.74) is 1.49. The number of ether oxygens (including phenoxy) is 2. The maximum absolute atomic E-state index is 12.7. The third-order valence-corrected chi connectivity index (χ3v) is 3.08. The molecule has 0 aliphatic heterocycles. The van der Waals surface area contributed by atoms with Gasteiger partial charge >= 0.3 is 0 Å². The zero-order valence-electron chi connectivity index (χ0n) is 12.3. The van der Waals surface area contributed by atoms with E-state index in [9.17, 15) is 8.78 Å². The fourth-order valence-electron chi connectivity index (χ4n) is 1.59. The molecule has 0 saturated heterocycles. The first-order valence-electron chi connectivity index (χ1n) is 6.37. The van der Waals surface area contributed by atoms with Gasteiger partial charge in [0.1, 0.15) is 0 Å². The smallest absolute Gasteiger partial charge is 0.165 e. The number of halogens is 3. The van der Waals surface area contributed by atoms with Gasteiger partial charge in [0.25, 0.3) is 0 Å². The Bertz CT molecular complexity index is 552. The van der Waals surface area contributed by atoms with Gasteiger partial charge in [0.05, 0.1) is 20.8 Å². The third-order valence-electron chi connectivity index (χ3n) is 2.77. The second-order valence-electron chi connectivity index (χ2n) is 4.23. The van der Waals surface area contributed by atoms with Gasteiger partial charge in [0, 0.05) is 5.88 Å². The molecule has 2 rings (SSSR count). The highest BCUT2D eigenvalue weighted by Gasteiger charge is 2.02. The molecule has 6 heteroatoms. The van der Waals surface area contributed by atoms with E-state index in [1.54, 1.807) is 12.1 Å². The first kappa shape index (κ1) is 18.2. The van der Waals surface area contributed by atoms with Crippen molar-refractivity contribution in [3.8, 4) is 11.5 Å². The van der Waals surface area contributed by atoms with Crippen LogP contribution in [0.2, 0.25) is 0 Å². The highest BCUT2D eigenvalue weighted by molar-refractivity contribution is 6.17. The Morgan fingerprint density at radius 1 is 0.909 bits per heavy atom. The molecule has 0 radical (unpaired) electrons. The summed E-state index contributed by atoms with van der Waals surface area (Å²) in [5, 5.41) is 8.67. The van der Waals surface area contributed by atoms with Crippen LogP contribution >= 0.6 is 11.6 Å². The summed E-state index contributed by atoms with van der Waals surface area (Å²) < 4.78 is 34.9. The highest BCUT2D eigenvalue weighted by Crippen LogP contribution is 2.19. The van der Waals surface area contributed by atoms with E-state index < -0.39 is 5.82 Å². The number of rotatable bonds is 4. The summed E-state index contributed by atoms with van der Waals surface area (Å²) in [4.78, 5) is 0. The van der Waals surface area contributed by atoms with E-state index in [1.165, 1.54) is 38.5 Å². The fourth-order valence-corrected chi connectivity index (χ4v) is 1.76. The van der Waals surface area contributed by atoms with Crippen LogP contribution in [0.1, 0.15) is 11.1 Å². The molecule has 2 aromatic carbocycles. The van der Waals surface area contributed by atoms with Gasteiger partial charge in [-0.2, -0.15) is 0 Å². The van der Waals surface area contributed by atoms with Gasteiger partial charge < -0.3 is 14.6 Å². The lowest BCUT2D eigenvalue weighted by atomic mass is 10.2. The zero-order valence-corrected chi connectivity index (χ0v) is 13.0. The molecule has 0 spiro atoms. The predicted molar refractivity (Wildman–Crippen MR) is 81.4 cm³/mol. The van der Waals surface area contributed by atoms with Gasteiger partial charge in [-0.05, 0) is 35.4 Å². The topological polar surface area (TPSA) is 38.7 Å². The Morgan fingerprint density at radius 2 is 1.36 bits per heavy atom. The number of aliphatic hydroxyl groups is 1. The van der Waals surface area contributed by atoms with E-state index in [2.05, 4.69) is 0 Å². The molecule has 0 saturated carbocycles. The van der Waals surface area contributed by atoms with Gasteiger partial charge in [-0.3, -0.25) is 0 Å². The lowest BCUT2D eigenvalue weighted by Crippen LogP contribution is -1.90. The molecule has 0 unspecified atom stereocenters. The molecule has 0 amide bonds. The Hall–Kier alpha value is -1.85. The standard InChI is InChI=1S/C8H8ClFO.C8H9FO2/c1-11-8-4-6(5-9)2-3-7(8)10;1-11-8-4-6(5-10)2-3-7(8)9/h2-4H,5H2,1H3;2-4,10H,5H2,1H3. The number of benzene rings is 2. The fraction of sp³-hybridized carbons (Fsp3) is 0.250. The summed E-state index contributed by atoms with van der Waals surface area (Å²) in [6.07, 6.45) is 0. The van der Waals surface area contributed by atoms with Crippen molar-refractivity contribution in [1.82, 2.24) is 0 Å². The molecular weight excluding hydrogens is 314 g/mol. The second-order valence-corrected chi connectivity index (χ2v) is 4.50. The van der Waals surface area contributed by atoms with Crippen LogP contribution in [0, 0.1) is 11.6 Å². The van der Waals surface area contributed by atoms with E-state index in [0.29, 0.717) is 11.4 Å². The quantitative estimate of drug-likeness (QED) is 0.864. The first-order valence-corrected chi connectivity index (χ1v) is 6.90. The van der Waals surface area contributed by atoms with E-state index in [0.717, 1.165) is 5.56 Å². The van der Waals surface area contributed by atoms with Crippen molar-refractivity contribution >= 4 is 11.6 Å². The maximum Gasteiger partial charge on any atom is 0.165 e. The van der Waals surface area contributed by atoms with Gasteiger partial charge in [-0.1, -0.05) is 12.1 Å². The van der Waals surface area contributed by atoms with Gasteiger partial charge in [-0.25, -0.2) is 8.78 Å². The summed E-state index contributed by atoms with van der Waals surface area (Å²) >= 11 is 5.53. The lowest BCUT2D eigenvalue weighted by molar-refractivity contribution is 0.280. The molecule has 0 bridgehead atoms. The number of alkyl halides is 1. The normalized spacial score (nSPS) is 9.73. The van der Waals surface area contributed by atoms with Crippen molar-refractivity contribution in [2.45, 2.75) is 12.5 Å². The molecular formula is C16H17ClF2O3. The zero-order chi connectivity index (χ0) is 16.5. The second kappa shape index (κ2) is 9.23. The van der Waals surface area contributed by atoms with Crippen molar-refractivity contribution in [1.29, 1.82) is 0 Å². The molecule has 2 aromatic rings. The van der Waals surface area contributed by atoms with Crippen LogP contribution in [0.3, 0.4) is 0 Å². The van der Waals surface area contributed by atoms with E-state index in [1.807, 2.05) is 0 Å². The number of hydrogen-bond donors (Lipinski definition) is 1. The molecule has 0 aliphatic rings. The summed E-state index contributed by atoms with van der Waals surface area (Å²) in [6.45, 7) is -0.101. The lowest BCUT2D eigenvalue weighted by Gasteiger charge is -2.02. The van der Waals surface area contributed by atoms with Gasteiger partial charge in [0.15, 0.2) is 23.1 Å². The number of hydrogen-bond acceptors (Lipinski definition) is 3. The van der Waals surface area contributed by atoms with Crippen molar-refractivity contribution in [3.63, 3.8) is 0 Å². The predicted octanol–water partition coefficient (Wildman–Crippen LogP) is 3.90. The van der Waals surface area contributed by atoms with E-state index in [-0.39, 0.29) is 23.9 Å². The minimum Gasteiger partial charge on any atom is -0.494 e. The van der Waals surface area contributed by atoms with E-state index >= 15 is 0 Å². The van der Waals surface area contributed by atoms with Crippen LogP contribution in [0.25, 0.3) is 0 Å². The summed E-state index contributed by atoms with van der Waals surface area (Å²) in [5.74, 6) is 0.00201. The van der Waals surface area contributed by atoms with Crippen LogP contribution in [0.15, 0.2) is 36.4 Å². The Balaban J connectivity index is 0.000000220. The molecule has 0 atom stereocenters. The molecule has 120 valence electrons. The third kappa shape index (κ3) is 5.16. The highest BCUT2D eigenvalue weighted by atomic mass is 35.5. The van der Waals surface area contributed by atoms with Crippen molar-refractivity contribution in [3.05, 3.63) is 59.2 Å². The maximum atomic E-state index is 12.7. The number of methoxy groups -OCH3 is 2. The van der Waals surface area contributed by atoms with Gasteiger partial charge in [-0.15, -0.1) is 11.6 Å². The monoisotopic (exact) mass is 330 g/mol.